The van der Waals surface area contributed by atoms with E-state index in [0.717, 1.165) is 16.9 Å². The number of carbonyl (C=O) groups is 3. The van der Waals surface area contributed by atoms with Crippen LogP contribution < -0.4 is 24.4 Å². The second-order valence-corrected chi connectivity index (χ2v) is 8.65. The summed E-state index contributed by atoms with van der Waals surface area (Å²) in [6.45, 7) is 4.78. The van der Waals surface area contributed by atoms with Crippen LogP contribution in [-0.2, 0) is 16.2 Å². The fourth-order valence-electron chi connectivity index (χ4n) is 3.85. The van der Waals surface area contributed by atoms with Crippen molar-refractivity contribution in [3.05, 3.63) is 93.5 Å². The van der Waals surface area contributed by atoms with Crippen molar-refractivity contribution in [1.82, 2.24) is 5.32 Å². The van der Waals surface area contributed by atoms with Crippen molar-refractivity contribution in [3.8, 4) is 17.2 Å². The number of benzene rings is 3. The van der Waals surface area contributed by atoms with Gasteiger partial charge >= 0.3 is 6.03 Å². The first-order chi connectivity index (χ1) is 19.3. The predicted octanol–water partition coefficient (Wildman–Crippen LogP) is 5.03. The number of nitro benzene ring substituents is 1. The molecule has 0 aromatic heterocycles. The summed E-state index contributed by atoms with van der Waals surface area (Å²) < 4.78 is 17.1. The highest BCUT2D eigenvalue weighted by molar-refractivity contribution is 6.39. The van der Waals surface area contributed by atoms with E-state index in [2.05, 4.69) is 5.32 Å². The van der Waals surface area contributed by atoms with Gasteiger partial charge in [-0.05, 0) is 79.1 Å². The molecule has 1 saturated heterocycles. The molecular weight excluding hydrogens is 518 g/mol. The van der Waals surface area contributed by atoms with Gasteiger partial charge in [0, 0.05) is 12.1 Å². The molecule has 0 aliphatic carbocycles. The maximum atomic E-state index is 13.3. The highest BCUT2D eigenvalue weighted by Crippen LogP contribution is 2.31. The van der Waals surface area contributed by atoms with Crippen LogP contribution in [0.2, 0.25) is 0 Å². The minimum absolute atomic E-state index is 0.0179. The third kappa shape index (κ3) is 6.44. The van der Waals surface area contributed by atoms with Gasteiger partial charge in [0.15, 0.2) is 11.5 Å². The first-order valence-electron chi connectivity index (χ1n) is 12.6. The SMILES string of the molecule is CCCOc1ccc(N2C(=O)NC(=O)/C(=C/c3ccc(OCc4ccc([N+](=O)[O-])cc4)c(OCC)c3)C2=O)cc1. The van der Waals surface area contributed by atoms with E-state index < -0.39 is 22.8 Å². The van der Waals surface area contributed by atoms with Crippen molar-refractivity contribution in [1.29, 1.82) is 0 Å². The average molecular weight is 546 g/mol. The summed E-state index contributed by atoms with van der Waals surface area (Å²) in [4.78, 5) is 49.7. The van der Waals surface area contributed by atoms with Crippen LogP contribution in [0.1, 0.15) is 31.4 Å². The Balaban J connectivity index is 1.55. The van der Waals surface area contributed by atoms with Gasteiger partial charge in [0.25, 0.3) is 17.5 Å². The summed E-state index contributed by atoms with van der Waals surface area (Å²) in [5.74, 6) is -0.207. The summed E-state index contributed by atoms with van der Waals surface area (Å²) in [5.41, 5.74) is 1.24. The summed E-state index contributed by atoms with van der Waals surface area (Å²) in [7, 11) is 0. The molecule has 3 aromatic carbocycles. The Hall–Kier alpha value is -5.19. The minimum atomic E-state index is -0.848. The third-order valence-corrected chi connectivity index (χ3v) is 5.79. The molecule has 4 rings (SSSR count). The highest BCUT2D eigenvalue weighted by Gasteiger charge is 2.36. The second-order valence-electron chi connectivity index (χ2n) is 8.65. The highest BCUT2D eigenvalue weighted by atomic mass is 16.6. The number of non-ortho nitro benzene ring substituents is 1. The number of rotatable bonds is 11. The maximum Gasteiger partial charge on any atom is 0.335 e. The Kier molecular flexibility index (Phi) is 8.75. The van der Waals surface area contributed by atoms with Crippen LogP contribution in [-0.4, -0.2) is 36.0 Å². The molecule has 1 aliphatic rings. The summed E-state index contributed by atoms with van der Waals surface area (Å²) in [6.07, 6.45) is 2.21. The largest absolute Gasteiger partial charge is 0.494 e. The van der Waals surface area contributed by atoms with Gasteiger partial charge in [-0.15, -0.1) is 0 Å². The van der Waals surface area contributed by atoms with Gasteiger partial charge in [-0.3, -0.25) is 25.0 Å². The van der Waals surface area contributed by atoms with Crippen molar-refractivity contribution >= 4 is 35.3 Å². The van der Waals surface area contributed by atoms with Crippen molar-refractivity contribution < 1.29 is 33.5 Å². The molecule has 0 unspecified atom stereocenters. The number of nitro groups is 1. The smallest absolute Gasteiger partial charge is 0.335 e. The zero-order valence-electron chi connectivity index (χ0n) is 21.9. The number of nitrogens with zero attached hydrogens (tertiary/aromatic N) is 2. The van der Waals surface area contributed by atoms with E-state index in [1.807, 2.05) is 6.92 Å². The standard InChI is InChI=1S/C29H27N3O8/c1-3-15-39-23-12-10-21(11-13-23)31-28(34)24(27(33)30-29(31)35)16-20-7-14-25(26(17-20)38-4-2)40-18-19-5-8-22(9-6-19)32(36)37/h5-14,16-17H,3-4,15,18H2,1-2H3,(H,30,33,35)/b24-16-. The van der Waals surface area contributed by atoms with Crippen LogP contribution in [0, 0.1) is 10.1 Å². The van der Waals surface area contributed by atoms with Crippen LogP contribution >= 0.6 is 0 Å². The molecule has 0 spiro atoms. The second kappa shape index (κ2) is 12.6. The summed E-state index contributed by atoms with van der Waals surface area (Å²) in [6, 6.07) is 16.5. The number of amides is 4. The van der Waals surface area contributed by atoms with E-state index in [4.69, 9.17) is 14.2 Å². The molecule has 1 heterocycles. The summed E-state index contributed by atoms with van der Waals surface area (Å²) >= 11 is 0. The Morgan fingerprint density at radius 2 is 1.62 bits per heavy atom. The Morgan fingerprint density at radius 1 is 0.900 bits per heavy atom. The lowest BCUT2D eigenvalue weighted by molar-refractivity contribution is -0.384. The molecule has 0 atom stereocenters. The van der Waals surface area contributed by atoms with Crippen LogP contribution in [0.4, 0.5) is 16.2 Å². The Morgan fingerprint density at radius 3 is 2.27 bits per heavy atom. The number of anilines is 1. The van der Waals surface area contributed by atoms with Gasteiger partial charge in [-0.25, -0.2) is 9.69 Å². The molecule has 206 valence electrons. The molecule has 4 amide bonds. The molecule has 11 nitrogen and oxygen atoms in total. The molecule has 0 radical (unpaired) electrons. The fraction of sp³-hybridized carbons (Fsp3) is 0.207. The monoisotopic (exact) mass is 545 g/mol. The van der Waals surface area contributed by atoms with Gasteiger partial charge in [-0.2, -0.15) is 0 Å². The molecule has 1 fully saturated rings. The molecule has 0 saturated carbocycles. The van der Waals surface area contributed by atoms with Gasteiger partial charge < -0.3 is 14.2 Å². The first kappa shape index (κ1) is 27.8. The lowest BCUT2D eigenvalue weighted by atomic mass is 10.1. The number of hydrogen-bond donors (Lipinski definition) is 1. The fourth-order valence-corrected chi connectivity index (χ4v) is 3.85. The van der Waals surface area contributed by atoms with E-state index in [0.29, 0.717) is 36.0 Å². The number of barbiturate groups is 1. The van der Waals surface area contributed by atoms with Crippen LogP contribution in [0.15, 0.2) is 72.3 Å². The predicted molar refractivity (Wildman–Crippen MR) is 146 cm³/mol. The van der Waals surface area contributed by atoms with E-state index >= 15 is 0 Å². The molecule has 40 heavy (non-hydrogen) atoms. The average Bonchev–Trinajstić information content (AvgIpc) is 2.94. The van der Waals surface area contributed by atoms with E-state index in [9.17, 15) is 24.5 Å². The molecule has 11 heteroatoms. The van der Waals surface area contributed by atoms with Gasteiger partial charge in [-0.1, -0.05) is 13.0 Å². The number of hydrogen-bond acceptors (Lipinski definition) is 8. The van der Waals surface area contributed by atoms with Crippen LogP contribution in [0.25, 0.3) is 6.08 Å². The normalized spacial score (nSPS) is 14.2. The van der Waals surface area contributed by atoms with Crippen LogP contribution in [0.5, 0.6) is 17.2 Å². The Labute approximate surface area is 230 Å². The number of urea groups is 1. The number of ether oxygens (including phenoxy) is 3. The maximum absolute atomic E-state index is 13.3. The third-order valence-electron chi connectivity index (χ3n) is 5.79. The molecule has 0 bridgehead atoms. The lowest BCUT2D eigenvalue weighted by Gasteiger charge is -2.26. The van der Waals surface area contributed by atoms with Crippen LogP contribution in [0.3, 0.4) is 0 Å². The minimum Gasteiger partial charge on any atom is -0.494 e. The first-order valence-corrected chi connectivity index (χ1v) is 12.6. The quantitative estimate of drug-likeness (QED) is 0.153. The van der Waals surface area contributed by atoms with E-state index in [1.54, 1.807) is 61.5 Å². The van der Waals surface area contributed by atoms with E-state index in [-0.39, 0.29) is 23.6 Å². The van der Waals surface area contributed by atoms with Gasteiger partial charge in [0.1, 0.15) is 17.9 Å². The zero-order chi connectivity index (χ0) is 28.6. The van der Waals surface area contributed by atoms with E-state index in [1.165, 1.54) is 18.2 Å². The van der Waals surface area contributed by atoms with Crippen molar-refractivity contribution in [2.75, 3.05) is 18.1 Å². The number of nitrogens with one attached hydrogen (secondary N) is 1. The lowest BCUT2D eigenvalue weighted by Crippen LogP contribution is -2.54. The van der Waals surface area contributed by atoms with Gasteiger partial charge in [0.05, 0.1) is 23.8 Å². The molecule has 3 aromatic rings. The van der Waals surface area contributed by atoms with Gasteiger partial charge in [0.2, 0.25) is 0 Å². The van der Waals surface area contributed by atoms with Crippen molar-refractivity contribution in [2.24, 2.45) is 0 Å². The number of imide groups is 2. The molecular formula is C29H27N3O8. The van der Waals surface area contributed by atoms with Crippen molar-refractivity contribution in [2.45, 2.75) is 26.9 Å². The van der Waals surface area contributed by atoms with Crippen molar-refractivity contribution in [3.63, 3.8) is 0 Å². The Bertz CT molecular complexity index is 1450. The zero-order valence-corrected chi connectivity index (χ0v) is 21.9. The topological polar surface area (TPSA) is 137 Å². The summed E-state index contributed by atoms with van der Waals surface area (Å²) in [5, 5.41) is 13.1. The number of carbonyl (C=O) groups excluding carboxylic acids is 3. The molecule has 1 N–H and O–H groups in total. The molecule has 1 aliphatic heterocycles.